The number of carbonyl (C=O) groups excluding carboxylic acids is 2. The van der Waals surface area contributed by atoms with Gasteiger partial charge in [-0.25, -0.2) is 4.79 Å². The third kappa shape index (κ3) is 3.69. The van der Waals surface area contributed by atoms with Gasteiger partial charge in [-0.15, -0.1) is 0 Å². The maximum atomic E-state index is 13.0. The lowest BCUT2D eigenvalue weighted by atomic mass is 9.89. The Bertz CT molecular complexity index is 1470. The largest absolute Gasteiger partial charge is 0.497 e. The summed E-state index contributed by atoms with van der Waals surface area (Å²) in [4.78, 5) is 29.2. The predicted molar refractivity (Wildman–Crippen MR) is 125 cm³/mol. The number of nitrogens with zero attached hydrogens (tertiary/aromatic N) is 2. The number of aromatic nitrogens is 2. The third-order valence-electron chi connectivity index (χ3n) is 5.81. The van der Waals surface area contributed by atoms with Crippen LogP contribution < -0.4 is 15.4 Å². The van der Waals surface area contributed by atoms with E-state index in [1.54, 1.807) is 66.7 Å². The Balaban J connectivity index is 1.51. The first-order chi connectivity index (χ1) is 16.5. The molecule has 3 heterocycles. The topological polar surface area (TPSA) is 105 Å². The SMILES string of the molecule is COc1ccc2cn(C[C@@]3(c4ccc(C#Cc5cccnc5)cc4)NC(=O)NC3=O)c(O)c2c1. The van der Waals surface area contributed by atoms with Crippen LogP contribution >= 0.6 is 0 Å². The van der Waals surface area contributed by atoms with Crippen LogP contribution in [-0.2, 0) is 16.9 Å². The number of rotatable bonds is 4. The number of ether oxygens (including phenoxy) is 1. The summed E-state index contributed by atoms with van der Waals surface area (Å²) in [5.41, 5.74) is 0.701. The normalized spacial score (nSPS) is 17.1. The van der Waals surface area contributed by atoms with Crippen LogP contribution in [0.1, 0.15) is 16.7 Å². The fourth-order valence-corrected chi connectivity index (χ4v) is 4.05. The molecule has 0 spiro atoms. The van der Waals surface area contributed by atoms with Crippen LogP contribution in [0.2, 0.25) is 0 Å². The summed E-state index contributed by atoms with van der Waals surface area (Å²) in [6.07, 6.45) is 5.09. The van der Waals surface area contributed by atoms with Gasteiger partial charge in [0.25, 0.3) is 5.91 Å². The molecule has 1 aliphatic heterocycles. The Morgan fingerprint density at radius 1 is 1.09 bits per heavy atom. The van der Waals surface area contributed by atoms with Crippen LogP contribution in [0.3, 0.4) is 0 Å². The van der Waals surface area contributed by atoms with Gasteiger partial charge in [0.05, 0.1) is 13.7 Å². The fraction of sp³-hybridized carbons (Fsp3) is 0.115. The van der Waals surface area contributed by atoms with Crippen molar-refractivity contribution < 1.29 is 19.4 Å². The number of amides is 3. The van der Waals surface area contributed by atoms with Gasteiger partial charge in [-0.2, -0.15) is 0 Å². The average molecular weight is 452 g/mol. The highest BCUT2D eigenvalue weighted by atomic mass is 16.5. The van der Waals surface area contributed by atoms with E-state index in [0.717, 1.165) is 16.5 Å². The number of urea groups is 1. The summed E-state index contributed by atoms with van der Waals surface area (Å²) in [7, 11) is 1.55. The van der Waals surface area contributed by atoms with Gasteiger partial charge < -0.3 is 19.7 Å². The van der Waals surface area contributed by atoms with E-state index >= 15 is 0 Å². The van der Waals surface area contributed by atoms with Gasteiger partial charge in [0.1, 0.15) is 5.75 Å². The Labute approximate surface area is 195 Å². The van der Waals surface area contributed by atoms with Crippen LogP contribution in [0, 0.1) is 11.8 Å². The van der Waals surface area contributed by atoms with E-state index in [1.807, 2.05) is 18.2 Å². The number of carbonyl (C=O) groups is 2. The minimum atomic E-state index is -1.40. The van der Waals surface area contributed by atoms with Crippen molar-refractivity contribution in [2.45, 2.75) is 12.1 Å². The number of fused-ring (bicyclic) bond motifs is 1. The zero-order valence-electron chi connectivity index (χ0n) is 18.2. The van der Waals surface area contributed by atoms with Crippen LogP contribution in [0.25, 0.3) is 10.8 Å². The van der Waals surface area contributed by atoms with E-state index in [1.165, 1.54) is 0 Å². The summed E-state index contributed by atoms with van der Waals surface area (Å²) in [5, 5.41) is 17.3. The number of hydrogen-bond acceptors (Lipinski definition) is 5. The molecule has 8 heteroatoms. The summed E-state index contributed by atoms with van der Waals surface area (Å²) in [5.74, 6) is 6.18. The van der Waals surface area contributed by atoms with Gasteiger partial charge in [-0.1, -0.05) is 24.0 Å². The van der Waals surface area contributed by atoms with E-state index in [2.05, 4.69) is 27.5 Å². The van der Waals surface area contributed by atoms with Crippen molar-refractivity contribution in [2.24, 2.45) is 0 Å². The lowest BCUT2D eigenvalue weighted by Gasteiger charge is -2.27. The van der Waals surface area contributed by atoms with Crippen LogP contribution in [0.4, 0.5) is 4.79 Å². The average Bonchev–Trinajstić information content (AvgIpc) is 3.33. The van der Waals surface area contributed by atoms with Gasteiger partial charge in [0.2, 0.25) is 0 Å². The smallest absolute Gasteiger partial charge is 0.322 e. The monoisotopic (exact) mass is 452 g/mol. The van der Waals surface area contributed by atoms with E-state index in [0.29, 0.717) is 16.7 Å². The second-order valence-electron chi connectivity index (χ2n) is 7.92. The molecule has 3 N–H and O–H groups in total. The molecule has 4 aromatic rings. The Kier molecular flexibility index (Phi) is 5.15. The minimum Gasteiger partial charge on any atom is -0.497 e. The molecule has 34 heavy (non-hydrogen) atoms. The molecule has 168 valence electrons. The van der Waals surface area contributed by atoms with Crippen LogP contribution in [-0.4, -0.2) is 33.7 Å². The molecule has 2 aromatic carbocycles. The standard InChI is InChI=1S/C26H20N4O4/c1-34-21-11-8-19-15-30(23(31)22(19)13-21)16-26(24(32)28-25(33)29-26)20-9-6-17(7-10-20)4-5-18-3-2-12-27-14-18/h2-3,6-15,31H,16H2,1H3,(H2,28,29,32,33)/t26-/m0/s1. The van der Waals surface area contributed by atoms with Gasteiger partial charge in [-0.05, 0) is 48.0 Å². The Morgan fingerprint density at radius 2 is 1.88 bits per heavy atom. The van der Waals surface area contributed by atoms with Crippen LogP contribution in [0.15, 0.2) is 73.2 Å². The van der Waals surface area contributed by atoms with Gasteiger partial charge in [0.15, 0.2) is 11.4 Å². The number of imide groups is 1. The second-order valence-corrected chi connectivity index (χ2v) is 7.92. The van der Waals surface area contributed by atoms with E-state index < -0.39 is 17.5 Å². The second kappa shape index (κ2) is 8.30. The highest BCUT2D eigenvalue weighted by Crippen LogP contribution is 2.34. The van der Waals surface area contributed by atoms with E-state index in [-0.39, 0.29) is 12.4 Å². The zero-order valence-corrected chi connectivity index (χ0v) is 18.2. The number of pyridine rings is 1. The van der Waals surface area contributed by atoms with Gasteiger partial charge in [-0.3, -0.25) is 15.1 Å². The van der Waals surface area contributed by atoms with E-state index in [9.17, 15) is 14.7 Å². The van der Waals surface area contributed by atoms with E-state index in [4.69, 9.17) is 4.74 Å². The summed E-state index contributed by atoms with van der Waals surface area (Å²) < 4.78 is 6.79. The molecule has 1 fully saturated rings. The van der Waals surface area contributed by atoms with Gasteiger partial charge >= 0.3 is 6.03 Å². The number of nitrogens with one attached hydrogen (secondary N) is 2. The first-order valence-corrected chi connectivity index (χ1v) is 10.5. The minimum absolute atomic E-state index is 0.00584. The van der Waals surface area contributed by atoms with Crippen LogP contribution in [0.5, 0.6) is 11.6 Å². The molecule has 0 bridgehead atoms. The molecule has 1 saturated heterocycles. The Morgan fingerprint density at radius 3 is 2.56 bits per heavy atom. The molecule has 0 saturated carbocycles. The molecular weight excluding hydrogens is 432 g/mol. The summed E-state index contributed by atoms with van der Waals surface area (Å²) in [6.45, 7) is -0.00584. The summed E-state index contributed by atoms with van der Waals surface area (Å²) >= 11 is 0. The number of aromatic hydroxyl groups is 1. The van der Waals surface area contributed by atoms with Crippen molar-refractivity contribution in [3.63, 3.8) is 0 Å². The van der Waals surface area contributed by atoms with Crippen molar-refractivity contribution >= 4 is 22.7 Å². The highest BCUT2D eigenvalue weighted by molar-refractivity contribution is 6.07. The van der Waals surface area contributed by atoms with Crippen molar-refractivity contribution in [1.29, 1.82) is 0 Å². The third-order valence-corrected chi connectivity index (χ3v) is 5.81. The highest BCUT2D eigenvalue weighted by Gasteiger charge is 2.48. The number of hydrogen-bond donors (Lipinski definition) is 3. The first kappa shape index (κ1) is 21.1. The quantitative estimate of drug-likeness (QED) is 0.326. The molecule has 2 aromatic heterocycles. The first-order valence-electron chi connectivity index (χ1n) is 10.5. The predicted octanol–water partition coefficient (Wildman–Crippen LogP) is 2.89. The molecule has 3 amide bonds. The molecular formula is C26H20N4O4. The molecule has 0 radical (unpaired) electrons. The van der Waals surface area contributed by atoms with Crippen molar-refractivity contribution in [2.75, 3.05) is 7.11 Å². The molecule has 8 nitrogen and oxygen atoms in total. The number of methoxy groups -OCH3 is 1. The Hall–Kier alpha value is -4.77. The molecule has 0 unspecified atom stereocenters. The van der Waals surface area contributed by atoms with Gasteiger partial charge in [0, 0.05) is 40.5 Å². The lowest BCUT2D eigenvalue weighted by Crippen LogP contribution is -2.47. The van der Waals surface area contributed by atoms with Crippen molar-refractivity contribution in [3.05, 3.63) is 89.9 Å². The maximum absolute atomic E-state index is 13.0. The maximum Gasteiger partial charge on any atom is 0.322 e. The molecule has 5 rings (SSSR count). The fourth-order valence-electron chi connectivity index (χ4n) is 4.05. The zero-order chi connectivity index (χ0) is 23.7. The molecule has 0 aliphatic carbocycles. The molecule has 1 atom stereocenters. The van der Waals surface area contributed by atoms with Crippen molar-refractivity contribution in [3.8, 4) is 23.5 Å². The molecule has 1 aliphatic rings. The van der Waals surface area contributed by atoms with Crippen molar-refractivity contribution in [1.82, 2.24) is 20.2 Å². The number of benzene rings is 2. The lowest BCUT2D eigenvalue weighted by molar-refractivity contribution is -0.124. The summed E-state index contributed by atoms with van der Waals surface area (Å²) in [6, 6.07) is 15.5.